The minimum absolute atomic E-state index is 0.579. The number of rotatable bonds is 4. The lowest BCUT2D eigenvalue weighted by Gasteiger charge is -2.08. The van der Waals surface area contributed by atoms with Crippen molar-refractivity contribution >= 4 is 15.9 Å². The molecule has 0 spiro atoms. The Morgan fingerprint density at radius 2 is 2.15 bits per heavy atom. The normalized spacial score (nSPS) is 9.69. The van der Waals surface area contributed by atoms with Crippen molar-refractivity contribution < 1.29 is 4.74 Å². The first-order valence-electron chi connectivity index (χ1n) is 4.15. The van der Waals surface area contributed by atoms with Gasteiger partial charge >= 0.3 is 0 Å². The Labute approximate surface area is 87.5 Å². The number of benzene rings is 1. The highest BCUT2D eigenvalue weighted by molar-refractivity contribution is 9.09. The summed E-state index contributed by atoms with van der Waals surface area (Å²) in [6, 6.07) is 7.98. The zero-order valence-electron chi connectivity index (χ0n) is 7.72. The van der Waals surface area contributed by atoms with Gasteiger partial charge in [0.05, 0.1) is 0 Å². The number of hydrogen-bond donors (Lipinski definition) is 0. The van der Waals surface area contributed by atoms with Crippen LogP contribution in [-0.4, -0.2) is 11.9 Å². The van der Waals surface area contributed by atoms with Gasteiger partial charge in [0.15, 0.2) is 0 Å². The molecule has 0 aromatic heterocycles. The highest BCUT2D eigenvalue weighted by Crippen LogP contribution is 2.16. The Balaban J connectivity index is 2.54. The Morgan fingerprint density at radius 3 is 2.77 bits per heavy atom. The quantitative estimate of drug-likeness (QED) is 0.580. The lowest BCUT2D eigenvalue weighted by Crippen LogP contribution is -2.01. The summed E-state index contributed by atoms with van der Waals surface area (Å²) in [5.41, 5.74) is 2.20. The SMILES string of the molecule is C=C(CBr)COc1ccccc1C. The van der Waals surface area contributed by atoms with Crippen molar-refractivity contribution in [3.63, 3.8) is 0 Å². The fraction of sp³-hybridized carbons (Fsp3) is 0.273. The van der Waals surface area contributed by atoms with E-state index < -0.39 is 0 Å². The summed E-state index contributed by atoms with van der Waals surface area (Å²) in [4.78, 5) is 0. The van der Waals surface area contributed by atoms with Crippen LogP contribution < -0.4 is 4.74 Å². The third-order valence-corrected chi connectivity index (χ3v) is 2.51. The van der Waals surface area contributed by atoms with Crippen LogP contribution in [0.5, 0.6) is 5.75 Å². The summed E-state index contributed by atoms with van der Waals surface area (Å²) >= 11 is 3.33. The van der Waals surface area contributed by atoms with Crippen LogP contribution in [-0.2, 0) is 0 Å². The second kappa shape index (κ2) is 5.07. The van der Waals surface area contributed by atoms with Gasteiger partial charge in [-0.25, -0.2) is 0 Å². The van der Waals surface area contributed by atoms with Crippen molar-refractivity contribution in [2.75, 3.05) is 11.9 Å². The summed E-state index contributed by atoms with van der Waals surface area (Å²) in [5.74, 6) is 0.935. The van der Waals surface area contributed by atoms with Gasteiger partial charge in [-0.05, 0) is 24.1 Å². The summed E-state index contributed by atoms with van der Waals surface area (Å²) in [7, 11) is 0. The largest absolute Gasteiger partial charge is 0.489 e. The molecule has 0 N–H and O–H groups in total. The molecule has 1 nitrogen and oxygen atoms in total. The summed E-state index contributed by atoms with van der Waals surface area (Å²) in [6.45, 7) is 6.46. The van der Waals surface area contributed by atoms with E-state index in [0.717, 1.165) is 22.2 Å². The maximum Gasteiger partial charge on any atom is 0.122 e. The third-order valence-electron chi connectivity index (χ3n) is 1.71. The fourth-order valence-electron chi connectivity index (χ4n) is 0.937. The van der Waals surface area contributed by atoms with Crippen LogP contribution in [0.25, 0.3) is 0 Å². The molecule has 1 aromatic rings. The topological polar surface area (TPSA) is 9.23 Å². The molecular formula is C11H13BrO. The second-order valence-corrected chi connectivity index (χ2v) is 3.50. The lowest BCUT2D eigenvalue weighted by atomic mass is 10.2. The average Bonchev–Trinajstić information content (AvgIpc) is 2.16. The number of aryl methyl sites for hydroxylation is 1. The molecule has 0 fully saturated rings. The zero-order valence-corrected chi connectivity index (χ0v) is 9.30. The predicted molar refractivity (Wildman–Crippen MR) is 59.6 cm³/mol. The van der Waals surface area contributed by atoms with Gasteiger partial charge in [0, 0.05) is 5.33 Å². The van der Waals surface area contributed by atoms with Crippen LogP contribution in [0, 0.1) is 6.92 Å². The van der Waals surface area contributed by atoms with Crippen molar-refractivity contribution in [2.24, 2.45) is 0 Å². The van der Waals surface area contributed by atoms with E-state index >= 15 is 0 Å². The van der Waals surface area contributed by atoms with Gasteiger partial charge in [-0.15, -0.1) is 0 Å². The Bertz CT molecular complexity index is 294. The molecule has 13 heavy (non-hydrogen) atoms. The van der Waals surface area contributed by atoms with E-state index in [-0.39, 0.29) is 0 Å². The van der Waals surface area contributed by atoms with Crippen molar-refractivity contribution in [1.82, 2.24) is 0 Å². The first-order valence-corrected chi connectivity index (χ1v) is 5.27. The molecule has 0 bridgehead atoms. The number of para-hydroxylation sites is 1. The molecule has 0 heterocycles. The van der Waals surface area contributed by atoms with Crippen molar-refractivity contribution in [1.29, 1.82) is 0 Å². The maximum atomic E-state index is 5.56. The summed E-state index contributed by atoms with van der Waals surface area (Å²) < 4.78 is 5.56. The van der Waals surface area contributed by atoms with Crippen LogP contribution in [0.4, 0.5) is 0 Å². The van der Waals surface area contributed by atoms with E-state index in [2.05, 4.69) is 22.5 Å². The number of hydrogen-bond acceptors (Lipinski definition) is 1. The molecule has 1 rings (SSSR count). The van der Waals surface area contributed by atoms with Gasteiger partial charge in [-0.3, -0.25) is 0 Å². The smallest absolute Gasteiger partial charge is 0.122 e. The van der Waals surface area contributed by atoms with Gasteiger partial charge in [0.1, 0.15) is 12.4 Å². The molecule has 0 aliphatic rings. The minimum atomic E-state index is 0.579. The van der Waals surface area contributed by atoms with Gasteiger partial charge in [-0.1, -0.05) is 40.7 Å². The van der Waals surface area contributed by atoms with Crippen LogP contribution in [0.3, 0.4) is 0 Å². The second-order valence-electron chi connectivity index (χ2n) is 2.94. The van der Waals surface area contributed by atoms with Gasteiger partial charge in [0.25, 0.3) is 0 Å². The highest BCUT2D eigenvalue weighted by atomic mass is 79.9. The molecule has 0 amide bonds. The van der Waals surface area contributed by atoms with E-state index in [1.54, 1.807) is 0 Å². The number of halogens is 1. The predicted octanol–water partition coefficient (Wildman–Crippen LogP) is 3.32. The monoisotopic (exact) mass is 240 g/mol. The molecule has 0 aliphatic carbocycles. The first-order chi connectivity index (χ1) is 6.24. The maximum absolute atomic E-state index is 5.56. The van der Waals surface area contributed by atoms with Crippen LogP contribution >= 0.6 is 15.9 Å². The zero-order chi connectivity index (χ0) is 9.68. The molecule has 0 radical (unpaired) electrons. The molecule has 0 atom stereocenters. The van der Waals surface area contributed by atoms with E-state index in [1.165, 1.54) is 0 Å². The highest BCUT2D eigenvalue weighted by Gasteiger charge is 1.97. The van der Waals surface area contributed by atoms with Crippen molar-refractivity contribution in [2.45, 2.75) is 6.92 Å². The first kappa shape index (κ1) is 10.3. The summed E-state index contributed by atoms with van der Waals surface area (Å²) in [5, 5.41) is 0.791. The third kappa shape index (κ3) is 3.23. The average molecular weight is 241 g/mol. The van der Waals surface area contributed by atoms with Crippen molar-refractivity contribution in [3.05, 3.63) is 42.0 Å². The fourth-order valence-corrected chi connectivity index (χ4v) is 1.10. The Kier molecular flexibility index (Phi) is 4.03. The minimum Gasteiger partial charge on any atom is -0.489 e. The number of ether oxygens (including phenoxy) is 1. The summed E-state index contributed by atoms with van der Waals surface area (Å²) in [6.07, 6.45) is 0. The Hall–Kier alpha value is -0.760. The van der Waals surface area contributed by atoms with Crippen LogP contribution in [0.1, 0.15) is 5.56 Å². The van der Waals surface area contributed by atoms with Gasteiger partial charge in [-0.2, -0.15) is 0 Å². The van der Waals surface area contributed by atoms with E-state index in [1.807, 2.05) is 31.2 Å². The Morgan fingerprint density at radius 1 is 1.46 bits per heavy atom. The van der Waals surface area contributed by atoms with Crippen LogP contribution in [0.15, 0.2) is 36.4 Å². The molecule has 0 aliphatic heterocycles. The lowest BCUT2D eigenvalue weighted by molar-refractivity contribution is 0.351. The molecule has 0 saturated carbocycles. The molecule has 0 saturated heterocycles. The molecule has 2 heteroatoms. The van der Waals surface area contributed by atoms with Crippen molar-refractivity contribution in [3.8, 4) is 5.75 Å². The van der Waals surface area contributed by atoms with Gasteiger partial charge < -0.3 is 4.74 Å². The number of alkyl halides is 1. The van der Waals surface area contributed by atoms with E-state index in [0.29, 0.717) is 6.61 Å². The van der Waals surface area contributed by atoms with E-state index in [4.69, 9.17) is 4.74 Å². The molecule has 1 aromatic carbocycles. The van der Waals surface area contributed by atoms with Gasteiger partial charge in [0.2, 0.25) is 0 Å². The van der Waals surface area contributed by atoms with Crippen LogP contribution in [0.2, 0.25) is 0 Å². The molecule has 0 unspecified atom stereocenters. The standard InChI is InChI=1S/C11H13BrO/c1-9(7-12)8-13-11-6-4-3-5-10(11)2/h3-6H,1,7-8H2,2H3. The van der Waals surface area contributed by atoms with E-state index in [9.17, 15) is 0 Å². The molecule has 70 valence electrons. The molecular weight excluding hydrogens is 228 g/mol.